The highest BCUT2D eigenvalue weighted by molar-refractivity contribution is 7.99. The maximum Gasteiger partial charge on any atom is 0.319 e. The van der Waals surface area contributed by atoms with Crippen LogP contribution in [0, 0.1) is 6.92 Å². The number of aryl methyl sites for hydroxylation is 1. The standard InChI is InChI=1S/C21H28N4O2S/c1-15-8-10-16(11-9-15)18(25(2)3)14-23-21(27)24-17-6-4-5-7-19(17)28-13-12-20(22)26/h4-11,18H,12-14H2,1-3H3,(H2,22,26)(H2,23,24,27). The average Bonchev–Trinajstić information content (AvgIpc) is 2.64. The number of anilines is 1. The van der Waals surface area contributed by atoms with E-state index in [0.29, 0.717) is 24.4 Å². The van der Waals surface area contributed by atoms with Gasteiger partial charge in [-0.3, -0.25) is 4.79 Å². The summed E-state index contributed by atoms with van der Waals surface area (Å²) in [5.74, 6) is 0.243. The van der Waals surface area contributed by atoms with Crippen molar-refractivity contribution >= 4 is 29.4 Å². The van der Waals surface area contributed by atoms with Crippen molar-refractivity contribution in [3.8, 4) is 0 Å². The number of para-hydroxylation sites is 1. The Balaban J connectivity index is 1.95. The second-order valence-electron chi connectivity index (χ2n) is 6.79. The molecule has 0 bridgehead atoms. The van der Waals surface area contributed by atoms with Crippen molar-refractivity contribution in [3.63, 3.8) is 0 Å². The van der Waals surface area contributed by atoms with E-state index in [1.807, 2.05) is 38.4 Å². The lowest BCUT2D eigenvalue weighted by Gasteiger charge is -2.25. The first-order chi connectivity index (χ1) is 13.4. The van der Waals surface area contributed by atoms with Gasteiger partial charge in [-0.15, -0.1) is 11.8 Å². The molecule has 2 aromatic carbocycles. The number of hydrogen-bond donors (Lipinski definition) is 3. The van der Waals surface area contributed by atoms with E-state index in [1.165, 1.54) is 17.3 Å². The molecular weight excluding hydrogens is 372 g/mol. The number of benzene rings is 2. The van der Waals surface area contributed by atoms with Gasteiger partial charge in [0.05, 0.1) is 11.7 Å². The van der Waals surface area contributed by atoms with E-state index in [1.54, 1.807) is 0 Å². The second-order valence-corrected chi connectivity index (χ2v) is 7.92. The highest BCUT2D eigenvalue weighted by Gasteiger charge is 2.15. The number of nitrogens with two attached hydrogens (primary N) is 1. The van der Waals surface area contributed by atoms with Crippen LogP contribution in [0.1, 0.15) is 23.6 Å². The van der Waals surface area contributed by atoms with Crippen LogP contribution in [0.15, 0.2) is 53.4 Å². The highest BCUT2D eigenvalue weighted by atomic mass is 32.2. The topological polar surface area (TPSA) is 87.5 Å². The number of likely N-dealkylation sites (N-methyl/N-ethyl adjacent to an activating group) is 1. The molecule has 150 valence electrons. The number of nitrogens with one attached hydrogen (secondary N) is 2. The molecule has 2 rings (SSSR count). The summed E-state index contributed by atoms with van der Waals surface area (Å²) in [7, 11) is 3.99. The molecule has 1 unspecified atom stereocenters. The van der Waals surface area contributed by atoms with E-state index in [2.05, 4.69) is 46.7 Å². The Morgan fingerprint density at radius 3 is 2.43 bits per heavy atom. The zero-order valence-corrected chi connectivity index (χ0v) is 17.4. The zero-order chi connectivity index (χ0) is 20.5. The molecule has 3 amide bonds. The summed E-state index contributed by atoms with van der Waals surface area (Å²) in [4.78, 5) is 26.3. The number of urea groups is 1. The molecule has 0 saturated heterocycles. The summed E-state index contributed by atoms with van der Waals surface area (Å²) in [5.41, 5.74) is 8.26. The van der Waals surface area contributed by atoms with Gasteiger partial charge in [0.25, 0.3) is 0 Å². The Kier molecular flexibility index (Phi) is 8.35. The van der Waals surface area contributed by atoms with Crippen LogP contribution in [0.4, 0.5) is 10.5 Å². The predicted octanol–water partition coefficient (Wildman–Crippen LogP) is 3.39. The molecule has 28 heavy (non-hydrogen) atoms. The number of hydrogen-bond acceptors (Lipinski definition) is 4. The Morgan fingerprint density at radius 2 is 1.79 bits per heavy atom. The van der Waals surface area contributed by atoms with Crippen LogP contribution in [0.5, 0.6) is 0 Å². The van der Waals surface area contributed by atoms with Crippen LogP contribution in [0.25, 0.3) is 0 Å². The van der Waals surface area contributed by atoms with E-state index in [9.17, 15) is 9.59 Å². The van der Waals surface area contributed by atoms with Crippen LogP contribution in [0.2, 0.25) is 0 Å². The lowest BCUT2D eigenvalue weighted by atomic mass is 10.0. The van der Waals surface area contributed by atoms with Crippen LogP contribution in [-0.4, -0.2) is 43.2 Å². The molecule has 4 N–H and O–H groups in total. The maximum atomic E-state index is 12.4. The molecule has 0 spiro atoms. The molecule has 1 atom stereocenters. The summed E-state index contributed by atoms with van der Waals surface area (Å²) in [5, 5.41) is 5.85. The van der Waals surface area contributed by atoms with Gasteiger partial charge in [0.1, 0.15) is 0 Å². The molecule has 0 fully saturated rings. The number of nitrogens with zero attached hydrogens (tertiary/aromatic N) is 1. The van der Waals surface area contributed by atoms with Crippen molar-refractivity contribution in [1.82, 2.24) is 10.2 Å². The van der Waals surface area contributed by atoms with E-state index in [4.69, 9.17) is 5.73 Å². The third-order valence-corrected chi connectivity index (χ3v) is 5.36. The van der Waals surface area contributed by atoms with Gasteiger partial charge >= 0.3 is 6.03 Å². The van der Waals surface area contributed by atoms with Gasteiger partial charge in [-0.2, -0.15) is 0 Å². The number of rotatable bonds is 9. The van der Waals surface area contributed by atoms with Crippen molar-refractivity contribution in [2.24, 2.45) is 5.73 Å². The van der Waals surface area contributed by atoms with Crippen LogP contribution < -0.4 is 16.4 Å². The number of primary amides is 1. The molecule has 6 nitrogen and oxygen atoms in total. The SMILES string of the molecule is Cc1ccc(C(CNC(=O)Nc2ccccc2SCCC(N)=O)N(C)C)cc1. The van der Waals surface area contributed by atoms with Gasteiger partial charge in [-0.25, -0.2) is 4.79 Å². The van der Waals surface area contributed by atoms with Crippen molar-refractivity contribution < 1.29 is 9.59 Å². The number of carbonyl (C=O) groups excluding carboxylic acids is 2. The molecule has 0 aliphatic rings. The van der Waals surface area contributed by atoms with Gasteiger partial charge in [0.15, 0.2) is 0 Å². The third kappa shape index (κ3) is 6.90. The Bertz CT molecular complexity index is 793. The van der Waals surface area contributed by atoms with Gasteiger partial charge in [0, 0.05) is 23.6 Å². The molecule has 7 heteroatoms. The van der Waals surface area contributed by atoms with Crippen LogP contribution in [-0.2, 0) is 4.79 Å². The lowest BCUT2D eigenvalue weighted by molar-refractivity contribution is -0.117. The largest absolute Gasteiger partial charge is 0.370 e. The number of carbonyl (C=O) groups is 2. The molecule has 0 aliphatic heterocycles. The van der Waals surface area contributed by atoms with Crippen molar-refractivity contribution in [1.29, 1.82) is 0 Å². The first-order valence-corrected chi connectivity index (χ1v) is 10.1. The smallest absolute Gasteiger partial charge is 0.319 e. The van der Waals surface area contributed by atoms with E-state index >= 15 is 0 Å². The molecular formula is C21H28N4O2S. The van der Waals surface area contributed by atoms with E-state index in [0.717, 1.165) is 10.5 Å². The van der Waals surface area contributed by atoms with Gasteiger partial charge in [-0.1, -0.05) is 42.0 Å². The fourth-order valence-corrected chi connectivity index (χ4v) is 3.67. The number of thioether (sulfide) groups is 1. The van der Waals surface area contributed by atoms with Crippen LogP contribution in [0.3, 0.4) is 0 Å². The summed E-state index contributed by atoms with van der Waals surface area (Å²) in [6.45, 7) is 2.54. The normalized spacial score (nSPS) is 11.9. The zero-order valence-electron chi connectivity index (χ0n) is 16.6. The maximum absolute atomic E-state index is 12.4. The van der Waals surface area contributed by atoms with Crippen molar-refractivity contribution in [3.05, 3.63) is 59.7 Å². The van der Waals surface area contributed by atoms with E-state index < -0.39 is 0 Å². The quantitative estimate of drug-likeness (QED) is 0.563. The summed E-state index contributed by atoms with van der Waals surface area (Å²) in [6.07, 6.45) is 0.298. The Morgan fingerprint density at radius 1 is 1.11 bits per heavy atom. The first-order valence-electron chi connectivity index (χ1n) is 9.15. The Labute approximate surface area is 170 Å². The van der Waals surface area contributed by atoms with Gasteiger partial charge in [0.2, 0.25) is 5.91 Å². The fraction of sp³-hybridized carbons (Fsp3) is 0.333. The van der Waals surface area contributed by atoms with E-state index in [-0.39, 0.29) is 18.0 Å². The van der Waals surface area contributed by atoms with Gasteiger partial charge < -0.3 is 21.3 Å². The predicted molar refractivity (Wildman–Crippen MR) is 116 cm³/mol. The minimum absolute atomic E-state index is 0.0755. The van der Waals surface area contributed by atoms with Crippen molar-refractivity contribution in [2.75, 3.05) is 31.7 Å². The van der Waals surface area contributed by atoms with Crippen molar-refractivity contribution in [2.45, 2.75) is 24.3 Å². The van der Waals surface area contributed by atoms with Gasteiger partial charge in [-0.05, 0) is 38.7 Å². The molecule has 0 aromatic heterocycles. The minimum atomic E-state index is -0.332. The average molecular weight is 401 g/mol. The monoisotopic (exact) mass is 400 g/mol. The molecule has 2 aromatic rings. The second kappa shape index (κ2) is 10.7. The summed E-state index contributed by atoms with van der Waals surface area (Å²) < 4.78 is 0. The Hall–Kier alpha value is -2.51. The summed E-state index contributed by atoms with van der Waals surface area (Å²) >= 11 is 1.49. The highest BCUT2D eigenvalue weighted by Crippen LogP contribution is 2.27. The molecule has 0 heterocycles. The third-order valence-electron chi connectivity index (χ3n) is 4.28. The fourth-order valence-electron chi connectivity index (χ4n) is 2.70. The molecule has 0 saturated carbocycles. The molecule has 0 radical (unpaired) electrons. The lowest BCUT2D eigenvalue weighted by Crippen LogP contribution is -2.37. The minimum Gasteiger partial charge on any atom is -0.370 e. The molecule has 0 aliphatic carbocycles. The first kappa shape index (κ1) is 21.8. The van der Waals surface area contributed by atoms with Crippen LogP contribution >= 0.6 is 11.8 Å². The summed E-state index contributed by atoms with van der Waals surface area (Å²) in [6, 6.07) is 15.7. The number of amides is 3.